The number of aliphatic hydroxyl groups excluding tert-OH is 1. The summed E-state index contributed by atoms with van der Waals surface area (Å²) < 4.78 is 5.24. The number of rotatable bonds is 17. The van der Waals surface area contributed by atoms with E-state index < -0.39 is 6.10 Å². The summed E-state index contributed by atoms with van der Waals surface area (Å²) >= 11 is 0. The molecule has 188 valence electrons. The molecule has 33 heavy (non-hydrogen) atoms. The largest absolute Gasteiger partial charge is 0.497 e. The lowest BCUT2D eigenvalue weighted by molar-refractivity contribution is -0.131. The Kier molecular flexibility index (Phi) is 14.4. The Morgan fingerprint density at radius 2 is 1.82 bits per heavy atom. The normalized spacial score (nSPS) is 12.9. The van der Waals surface area contributed by atoms with Crippen molar-refractivity contribution >= 4 is 11.8 Å². The molecular weight excluding hydrogens is 418 g/mol. The molecule has 0 aliphatic carbocycles. The second-order valence-corrected chi connectivity index (χ2v) is 9.09. The molecule has 2 atom stereocenters. The Labute approximate surface area is 200 Å². The van der Waals surface area contributed by atoms with Crippen LogP contribution in [0.3, 0.4) is 0 Å². The van der Waals surface area contributed by atoms with Crippen molar-refractivity contribution in [2.24, 2.45) is 5.92 Å². The van der Waals surface area contributed by atoms with Gasteiger partial charge in [-0.25, -0.2) is 0 Å². The first-order valence-electron chi connectivity index (χ1n) is 12.4. The van der Waals surface area contributed by atoms with E-state index in [9.17, 15) is 14.7 Å². The van der Waals surface area contributed by atoms with E-state index in [4.69, 9.17) is 4.74 Å². The third-order valence-corrected chi connectivity index (χ3v) is 5.49. The van der Waals surface area contributed by atoms with Crippen LogP contribution in [0.2, 0.25) is 0 Å². The molecule has 1 rings (SSSR count). The van der Waals surface area contributed by atoms with Crippen LogP contribution in [0.4, 0.5) is 0 Å². The van der Waals surface area contributed by atoms with Crippen molar-refractivity contribution in [1.29, 1.82) is 0 Å². The minimum absolute atomic E-state index is 0.113. The Morgan fingerprint density at radius 1 is 1.12 bits per heavy atom. The van der Waals surface area contributed by atoms with Gasteiger partial charge in [-0.15, -0.1) is 0 Å². The summed E-state index contributed by atoms with van der Waals surface area (Å²) in [6, 6.07) is 7.45. The Hall–Kier alpha value is -2.12. The molecule has 2 amide bonds. The molecule has 0 radical (unpaired) electrons. The lowest BCUT2D eigenvalue weighted by Crippen LogP contribution is -2.48. The molecule has 0 unspecified atom stereocenters. The maximum Gasteiger partial charge on any atom is 0.222 e. The average molecular weight is 464 g/mol. The summed E-state index contributed by atoms with van der Waals surface area (Å²) in [7, 11) is 1.64. The Morgan fingerprint density at radius 3 is 2.42 bits per heavy atom. The number of carbonyl (C=O) groups is 2. The smallest absolute Gasteiger partial charge is 0.222 e. The van der Waals surface area contributed by atoms with Crippen molar-refractivity contribution in [3.8, 4) is 5.75 Å². The van der Waals surface area contributed by atoms with Gasteiger partial charge in [-0.2, -0.15) is 0 Å². The van der Waals surface area contributed by atoms with Gasteiger partial charge >= 0.3 is 0 Å². The number of methoxy groups -OCH3 is 1. The van der Waals surface area contributed by atoms with Crippen LogP contribution >= 0.6 is 0 Å². The maximum absolute atomic E-state index is 12.5. The molecule has 7 heteroatoms. The third kappa shape index (κ3) is 12.1. The van der Waals surface area contributed by atoms with E-state index in [2.05, 4.69) is 38.3 Å². The number of ether oxygens (including phenoxy) is 1. The Balaban J connectivity index is 2.49. The topological polar surface area (TPSA) is 90.9 Å². The standard InChI is InChI=1S/C26H45N3O4/c1-6-14-29(15-7-2)26(32)13-9-12-25(31)28-23(16-20(3)4)24(30)19-27-18-21-10-8-11-22(17-21)33-5/h8,10-11,17,20,23-24,27,30H,6-7,9,12-16,18-19H2,1-5H3,(H,28,31)/t23-,24+/m0/s1. The average Bonchev–Trinajstić information content (AvgIpc) is 2.78. The second kappa shape index (κ2) is 16.5. The maximum atomic E-state index is 12.5. The number of carbonyl (C=O) groups excluding carboxylic acids is 2. The SMILES string of the molecule is CCCN(CCC)C(=O)CCCC(=O)N[C@@H](CC(C)C)[C@H](O)CNCc1cccc(OC)c1. The first-order chi connectivity index (χ1) is 15.8. The molecule has 0 bridgehead atoms. The minimum Gasteiger partial charge on any atom is -0.497 e. The van der Waals surface area contributed by atoms with Crippen LogP contribution in [0.1, 0.15) is 71.8 Å². The van der Waals surface area contributed by atoms with Crippen molar-refractivity contribution in [2.45, 2.75) is 84.9 Å². The fraction of sp³-hybridized carbons (Fsp3) is 0.692. The van der Waals surface area contributed by atoms with Crippen LogP contribution < -0.4 is 15.4 Å². The zero-order chi connectivity index (χ0) is 24.6. The van der Waals surface area contributed by atoms with Gasteiger partial charge in [0.2, 0.25) is 11.8 Å². The Bertz CT molecular complexity index is 690. The van der Waals surface area contributed by atoms with E-state index in [0.29, 0.717) is 38.3 Å². The van der Waals surface area contributed by atoms with Crippen molar-refractivity contribution in [3.05, 3.63) is 29.8 Å². The summed E-state index contributed by atoms with van der Waals surface area (Å²) in [6.07, 6.45) is 3.05. The summed E-state index contributed by atoms with van der Waals surface area (Å²) in [5.41, 5.74) is 1.07. The molecule has 3 N–H and O–H groups in total. The van der Waals surface area contributed by atoms with Crippen LogP contribution in [0.15, 0.2) is 24.3 Å². The van der Waals surface area contributed by atoms with Gasteiger partial charge in [-0.1, -0.05) is 39.8 Å². The highest BCUT2D eigenvalue weighted by Gasteiger charge is 2.22. The highest BCUT2D eigenvalue weighted by Crippen LogP contribution is 2.13. The lowest BCUT2D eigenvalue weighted by atomic mass is 9.98. The molecule has 0 saturated heterocycles. The van der Waals surface area contributed by atoms with Gasteiger partial charge in [-0.05, 0) is 49.3 Å². The molecule has 0 spiro atoms. The molecule has 0 aliphatic rings. The highest BCUT2D eigenvalue weighted by molar-refractivity contribution is 5.79. The zero-order valence-corrected chi connectivity index (χ0v) is 21.2. The fourth-order valence-corrected chi connectivity index (χ4v) is 3.85. The summed E-state index contributed by atoms with van der Waals surface area (Å²) in [6.45, 7) is 10.8. The third-order valence-electron chi connectivity index (χ3n) is 5.49. The van der Waals surface area contributed by atoms with E-state index in [-0.39, 0.29) is 24.3 Å². The number of nitrogens with one attached hydrogen (secondary N) is 2. The molecule has 0 aromatic heterocycles. The molecule has 0 saturated carbocycles. The van der Waals surface area contributed by atoms with E-state index in [1.165, 1.54) is 0 Å². The van der Waals surface area contributed by atoms with Crippen LogP contribution in [-0.4, -0.2) is 60.7 Å². The number of nitrogens with zero attached hydrogens (tertiary/aromatic N) is 1. The predicted octanol–water partition coefficient (Wildman–Crippen LogP) is 3.50. The van der Waals surface area contributed by atoms with E-state index in [1.54, 1.807) is 7.11 Å². The highest BCUT2D eigenvalue weighted by atomic mass is 16.5. The molecular formula is C26H45N3O4. The van der Waals surface area contributed by atoms with E-state index in [0.717, 1.165) is 37.2 Å². The fourth-order valence-electron chi connectivity index (χ4n) is 3.85. The van der Waals surface area contributed by atoms with Gasteiger partial charge in [0.1, 0.15) is 5.75 Å². The van der Waals surface area contributed by atoms with Crippen molar-refractivity contribution < 1.29 is 19.4 Å². The molecule has 0 aliphatic heterocycles. The molecule has 0 heterocycles. The second-order valence-electron chi connectivity index (χ2n) is 9.09. The lowest BCUT2D eigenvalue weighted by Gasteiger charge is -2.26. The monoisotopic (exact) mass is 463 g/mol. The van der Waals surface area contributed by atoms with Gasteiger partial charge in [0.15, 0.2) is 0 Å². The summed E-state index contributed by atoms with van der Waals surface area (Å²) in [5, 5.41) is 17.0. The van der Waals surface area contributed by atoms with Gasteiger partial charge in [-0.3, -0.25) is 9.59 Å². The van der Waals surface area contributed by atoms with Gasteiger partial charge in [0.25, 0.3) is 0 Å². The summed E-state index contributed by atoms with van der Waals surface area (Å²) in [5.74, 6) is 1.14. The van der Waals surface area contributed by atoms with Crippen molar-refractivity contribution in [1.82, 2.24) is 15.5 Å². The van der Waals surface area contributed by atoms with Gasteiger partial charge in [0, 0.05) is 39.0 Å². The number of benzene rings is 1. The number of amides is 2. The first-order valence-corrected chi connectivity index (χ1v) is 12.4. The van der Waals surface area contributed by atoms with Gasteiger partial charge in [0.05, 0.1) is 19.3 Å². The molecule has 1 aromatic carbocycles. The molecule has 7 nitrogen and oxygen atoms in total. The molecule has 1 aromatic rings. The van der Waals surface area contributed by atoms with Crippen LogP contribution in [-0.2, 0) is 16.1 Å². The number of hydrogen-bond donors (Lipinski definition) is 3. The van der Waals surface area contributed by atoms with E-state index in [1.807, 2.05) is 29.2 Å². The van der Waals surface area contributed by atoms with Crippen LogP contribution in [0, 0.1) is 5.92 Å². The number of aliphatic hydroxyl groups is 1. The quantitative estimate of drug-likeness (QED) is 0.329. The minimum atomic E-state index is -0.701. The van der Waals surface area contributed by atoms with Crippen LogP contribution in [0.5, 0.6) is 5.75 Å². The van der Waals surface area contributed by atoms with Crippen LogP contribution in [0.25, 0.3) is 0 Å². The zero-order valence-electron chi connectivity index (χ0n) is 21.2. The van der Waals surface area contributed by atoms with Crippen molar-refractivity contribution in [3.63, 3.8) is 0 Å². The van der Waals surface area contributed by atoms with Gasteiger partial charge < -0.3 is 25.4 Å². The summed E-state index contributed by atoms with van der Waals surface area (Å²) in [4.78, 5) is 26.8. The van der Waals surface area contributed by atoms with Crippen molar-refractivity contribution in [2.75, 3.05) is 26.7 Å². The molecule has 0 fully saturated rings. The number of hydrogen-bond acceptors (Lipinski definition) is 5. The van der Waals surface area contributed by atoms with E-state index >= 15 is 0 Å². The predicted molar refractivity (Wildman–Crippen MR) is 133 cm³/mol. The first kappa shape index (κ1) is 28.9.